The summed E-state index contributed by atoms with van der Waals surface area (Å²) in [5.74, 6) is 0.495. The summed E-state index contributed by atoms with van der Waals surface area (Å²) in [7, 11) is 0. The minimum atomic E-state index is -0.151. The van der Waals surface area contributed by atoms with Gasteiger partial charge in [0.15, 0.2) is 0 Å². The predicted molar refractivity (Wildman–Crippen MR) is 83.6 cm³/mol. The van der Waals surface area contributed by atoms with Gasteiger partial charge >= 0.3 is 0 Å². The van der Waals surface area contributed by atoms with Crippen molar-refractivity contribution in [3.05, 3.63) is 47.2 Å². The van der Waals surface area contributed by atoms with E-state index in [9.17, 15) is 4.79 Å². The van der Waals surface area contributed by atoms with Gasteiger partial charge in [-0.2, -0.15) is 0 Å². The maximum absolute atomic E-state index is 11.8. The summed E-state index contributed by atoms with van der Waals surface area (Å²) in [6.07, 6.45) is 1.75. The zero-order valence-electron chi connectivity index (χ0n) is 11.6. The van der Waals surface area contributed by atoms with Crippen molar-refractivity contribution in [1.82, 2.24) is 4.98 Å². The van der Waals surface area contributed by atoms with E-state index in [0.717, 1.165) is 5.56 Å². The number of benzene rings is 1. The number of rotatable bonds is 5. The molecule has 5 nitrogen and oxygen atoms in total. The molecule has 0 saturated heterocycles. The van der Waals surface area contributed by atoms with Crippen molar-refractivity contribution in [3.63, 3.8) is 0 Å². The molecule has 0 bridgehead atoms. The number of carbonyl (C=O) groups is 1. The van der Waals surface area contributed by atoms with Crippen LogP contribution in [0.25, 0.3) is 0 Å². The van der Waals surface area contributed by atoms with E-state index in [4.69, 9.17) is 22.1 Å². The number of nitrogens with two attached hydrogens (primary N) is 1. The van der Waals surface area contributed by atoms with Crippen molar-refractivity contribution in [2.24, 2.45) is 0 Å². The molecule has 1 amide bonds. The van der Waals surface area contributed by atoms with E-state index in [-0.39, 0.29) is 18.9 Å². The van der Waals surface area contributed by atoms with Crippen LogP contribution in [0, 0.1) is 6.92 Å². The third-order valence-electron chi connectivity index (χ3n) is 2.75. The van der Waals surface area contributed by atoms with Gasteiger partial charge in [-0.25, -0.2) is 4.98 Å². The van der Waals surface area contributed by atoms with Crippen LogP contribution < -0.4 is 15.8 Å². The lowest BCUT2D eigenvalue weighted by molar-refractivity contribution is -0.116. The van der Waals surface area contributed by atoms with Crippen LogP contribution in [0.1, 0.15) is 12.0 Å². The molecular formula is C15H16ClN3O2. The first-order valence-corrected chi connectivity index (χ1v) is 6.83. The highest BCUT2D eigenvalue weighted by molar-refractivity contribution is 6.30. The molecular weight excluding hydrogens is 290 g/mol. The lowest BCUT2D eigenvalue weighted by atomic mass is 10.3. The monoisotopic (exact) mass is 305 g/mol. The number of anilines is 2. The molecule has 110 valence electrons. The second-order valence-electron chi connectivity index (χ2n) is 4.55. The molecule has 1 aromatic heterocycles. The lowest BCUT2D eigenvalue weighted by Gasteiger charge is -2.08. The minimum Gasteiger partial charge on any atom is -0.493 e. The summed E-state index contributed by atoms with van der Waals surface area (Å²) in [5, 5.41) is 3.17. The number of halogens is 1. The first-order valence-electron chi connectivity index (χ1n) is 6.45. The van der Waals surface area contributed by atoms with Crippen LogP contribution in [0.5, 0.6) is 5.75 Å². The van der Waals surface area contributed by atoms with Crippen molar-refractivity contribution in [1.29, 1.82) is 0 Å². The SMILES string of the molecule is Cc1cc(NC(=O)CCOc2cccc(N)c2)cnc1Cl. The highest BCUT2D eigenvalue weighted by Crippen LogP contribution is 2.17. The van der Waals surface area contributed by atoms with Crippen LogP contribution in [0.4, 0.5) is 11.4 Å². The molecule has 0 fully saturated rings. The van der Waals surface area contributed by atoms with E-state index in [0.29, 0.717) is 22.3 Å². The normalized spacial score (nSPS) is 10.2. The van der Waals surface area contributed by atoms with Crippen molar-refractivity contribution in [3.8, 4) is 5.75 Å². The summed E-state index contributed by atoms with van der Waals surface area (Å²) in [6, 6.07) is 8.85. The second-order valence-corrected chi connectivity index (χ2v) is 4.91. The van der Waals surface area contributed by atoms with E-state index >= 15 is 0 Å². The molecule has 21 heavy (non-hydrogen) atoms. The molecule has 0 aliphatic heterocycles. The Bertz CT molecular complexity index is 647. The lowest BCUT2D eigenvalue weighted by Crippen LogP contribution is -2.15. The van der Waals surface area contributed by atoms with Gasteiger partial charge in [0, 0.05) is 11.8 Å². The summed E-state index contributed by atoms with van der Waals surface area (Å²) < 4.78 is 5.46. The number of aromatic nitrogens is 1. The van der Waals surface area contributed by atoms with Crippen LogP contribution >= 0.6 is 11.6 Å². The standard InChI is InChI=1S/C15H16ClN3O2/c1-10-7-12(9-18-15(10)16)19-14(20)5-6-21-13-4-2-3-11(17)8-13/h2-4,7-9H,5-6,17H2,1H3,(H,19,20). The third-order valence-corrected chi connectivity index (χ3v) is 3.15. The molecule has 1 heterocycles. The number of nitrogens with one attached hydrogen (secondary N) is 1. The largest absolute Gasteiger partial charge is 0.493 e. The maximum Gasteiger partial charge on any atom is 0.227 e. The number of ether oxygens (including phenoxy) is 1. The molecule has 0 aliphatic carbocycles. The van der Waals surface area contributed by atoms with Gasteiger partial charge in [-0.05, 0) is 30.7 Å². The van der Waals surface area contributed by atoms with Crippen molar-refractivity contribution in [2.45, 2.75) is 13.3 Å². The van der Waals surface area contributed by atoms with Crippen molar-refractivity contribution < 1.29 is 9.53 Å². The third kappa shape index (κ3) is 4.65. The summed E-state index contributed by atoms with van der Waals surface area (Å²) in [5.41, 5.74) is 7.69. The van der Waals surface area contributed by atoms with Gasteiger partial charge < -0.3 is 15.8 Å². The highest BCUT2D eigenvalue weighted by Gasteiger charge is 2.05. The molecule has 6 heteroatoms. The van der Waals surface area contributed by atoms with Crippen LogP contribution in [0.3, 0.4) is 0 Å². The number of amides is 1. The van der Waals surface area contributed by atoms with Crippen molar-refractivity contribution >= 4 is 28.9 Å². The minimum absolute atomic E-state index is 0.151. The van der Waals surface area contributed by atoms with Gasteiger partial charge in [0.25, 0.3) is 0 Å². The molecule has 1 aromatic carbocycles. The van der Waals surface area contributed by atoms with E-state index in [2.05, 4.69) is 10.3 Å². The van der Waals surface area contributed by atoms with Gasteiger partial charge in [0.05, 0.1) is 24.9 Å². The fraction of sp³-hybridized carbons (Fsp3) is 0.200. The molecule has 0 saturated carbocycles. The van der Waals surface area contributed by atoms with Gasteiger partial charge in [-0.15, -0.1) is 0 Å². The first-order chi connectivity index (χ1) is 10.0. The fourth-order valence-electron chi connectivity index (χ4n) is 1.72. The Morgan fingerprint density at radius 3 is 2.95 bits per heavy atom. The second kappa shape index (κ2) is 6.95. The van der Waals surface area contributed by atoms with E-state index in [1.165, 1.54) is 6.20 Å². The molecule has 3 N–H and O–H groups in total. The Kier molecular flexibility index (Phi) is 5.00. The smallest absolute Gasteiger partial charge is 0.227 e. The summed E-state index contributed by atoms with van der Waals surface area (Å²) >= 11 is 5.83. The molecule has 2 rings (SSSR count). The van der Waals surface area contributed by atoms with Crippen LogP contribution in [-0.2, 0) is 4.79 Å². The molecule has 0 atom stereocenters. The summed E-state index contributed by atoms with van der Waals surface area (Å²) in [6.45, 7) is 2.10. The molecule has 0 spiro atoms. The van der Waals surface area contributed by atoms with E-state index in [1.54, 1.807) is 30.3 Å². The Hall–Kier alpha value is -2.27. The Morgan fingerprint density at radius 1 is 1.43 bits per heavy atom. The predicted octanol–water partition coefficient (Wildman–Crippen LogP) is 3.03. The Balaban J connectivity index is 1.81. The van der Waals surface area contributed by atoms with Crippen LogP contribution in [-0.4, -0.2) is 17.5 Å². The zero-order valence-corrected chi connectivity index (χ0v) is 12.4. The quantitative estimate of drug-likeness (QED) is 0.657. The molecule has 0 aliphatic rings. The topological polar surface area (TPSA) is 77.2 Å². The van der Waals surface area contributed by atoms with Crippen LogP contribution in [0.2, 0.25) is 5.15 Å². The molecule has 0 radical (unpaired) electrons. The first kappa shape index (κ1) is 15.1. The summed E-state index contributed by atoms with van der Waals surface area (Å²) in [4.78, 5) is 15.8. The average Bonchev–Trinajstić information content (AvgIpc) is 2.43. The van der Waals surface area contributed by atoms with E-state index < -0.39 is 0 Å². The zero-order chi connectivity index (χ0) is 15.2. The van der Waals surface area contributed by atoms with Gasteiger partial charge in [-0.1, -0.05) is 17.7 Å². The fourth-order valence-corrected chi connectivity index (χ4v) is 1.82. The van der Waals surface area contributed by atoms with Crippen molar-refractivity contribution in [2.75, 3.05) is 17.7 Å². The number of hydrogen-bond donors (Lipinski definition) is 2. The molecule has 2 aromatic rings. The van der Waals surface area contributed by atoms with Crippen LogP contribution in [0.15, 0.2) is 36.5 Å². The number of carbonyl (C=O) groups excluding carboxylic acids is 1. The van der Waals surface area contributed by atoms with Gasteiger partial charge in [0.1, 0.15) is 10.9 Å². The Morgan fingerprint density at radius 2 is 2.24 bits per heavy atom. The van der Waals surface area contributed by atoms with Gasteiger partial charge in [0.2, 0.25) is 5.91 Å². The number of nitrogens with zero attached hydrogens (tertiary/aromatic N) is 1. The average molecular weight is 306 g/mol. The maximum atomic E-state index is 11.8. The molecule has 0 unspecified atom stereocenters. The van der Waals surface area contributed by atoms with E-state index in [1.807, 2.05) is 6.92 Å². The highest BCUT2D eigenvalue weighted by atomic mass is 35.5. The van der Waals surface area contributed by atoms with Gasteiger partial charge in [-0.3, -0.25) is 4.79 Å². The number of aryl methyl sites for hydroxylation is 1. The number of pyridine rings is 1. The number of nitrogen functional groups attached to an aromatic ring is 1. The number of hydrogen-bond acceptors (Lipinski definition) is 4. The Labute approximate surface area is 128 Å².